The van der Waals surface area contributed by atoms with E-state index in [2.05, 4.69) is 15.0 Å². The summed E-state index contributed by atoms with van der Waals surface area (Å²) in [5, 5.41) is 0. The molecule has 1 aromatic carbocycles. The van der Waals surface area contributed by atoms with Crippen LogP contribution in [-0.2, 0) is 16.8 Å². The molecule has 2 amide bonds. The Bertz CT molecular complexity index is 1220. The van der Waals surface area contributed by atoms with Gasteiger partial charge in [-0.1, -0.05) is 12.1 Å². The maximum atomic E-state index is 13.4. The van der Waals surface area contributed by atoms with Gasteiger partial charge in [-0.15, -0.1) is 0 Å². The first kappa shape index (κ1) is 18.4. The van der Waals surface area contributed by atoms with E-state index in [9.17, 15) is 9.59 Å². The van der Waals surface area contributed by atoms with Crippen molar-refractivity contribution in [2.24, 2.45) is 0 Å². The summed E-state index contributed by atoms with van der Waals surface area (Å²) in [5.41, 5.74) is 4.75. The van der Waals surface area contributed by atoms with E-state index in [4.69, 9.17) is 0 Å². The molecule has 7 nitrogen and oxygen atoms in total. The second-order valence-corrected chi connectivity index (χ2v) is 8.37. The molecule has 2 aliphatic heterocycles. The summed E-state index contributed by atoms with van der Waals surface area (Å²) in [5.74, 6) is 0.586. The van der Waals surface area contributed by atoms with E-state index in [1.165, 1.54) is 0 Å². The van der Waals surface area contributed by atoms with Gasteiger partial charge in [0.15, 0.2) is 0 Å². The van der Waals surface area contributed by atoms with Gasteiger partial charge in [-0.2, -0.15) is 0 Å². The van der Waals surface area contributed by atoms with E-state index in [-0.39, 0.29) is 11.8 Å². The highest BCUT2D eigenvalue weighted by atomic mass is 16.2. The summed E-state index contributed by atoms with van der Waals surface area (Å²) >= 11 is 0. The van der Waals surface area contributed by atoms with Crippen molar-refractivity contribution in [3.63, 3.8) is 0 Å². The molecule has 2 aliphatic rings. The Kier molecular flexibility index (Phi) is 3.80. The number of aromatic nitrogens is 3. The summed E-state index contributed by atoms with van der Waals surface area (Å²) in [4.78, 5) is 42.2. The number of aryl methyl sites for hydroxylation is 1. The van der Waals surface area contributed by atoms with Gasteiger partial charge in [-0.3, -0.25) is 19.5 Å². The fraction of sp³-hybridized carbons (Fsp3) is 0.261. The molecule has 7 heteroatoms. The van der Waals surface area contributed by atoms with Gasteiger partial charge < -0.3 is 4.90 Å². The van der Waals surface area contributed by atoms with Gasteiger partial charge in [0.1, 0.15) is 5.82 Å². The Morgan fingerprint density at radius 2 is 1.70 bits per heavy atom. The van der Waals surface area contributed by atoms with Crippen LogP contribution in [0, 0.1) is 6.92 Å². The maximum Gasteiger partial charge on any atom is 0.255 e. The summed E-state index contributed by atoms with van der Waals surface area (Å²) in [6.45, 7) is 6.17. The van der Waals surface area contributed by atoms with Crippen LogP contribution in [0.1, 0.15) is 41.3 Å². The molecule has 4 heterocycles. The molecule has 0 unspecified atom stereocenters. The van der Waals surface area contributed by atoms with Crippen LogP contribution in [0.4, 0.5) is 11.4 Å². The third-order valence-electron chi connectivity index (χ3n) is 5.94. The molecule has 3 aromatic rings. The molecule has 0 radical (unpaired) electrons. The molecule has 0 fully saturated rings. The number of benzene rings is 1. The van der Waals surface area contributed by atoms with E-state index in [0.717, 1.165) is 28.1 Å². The van der Waals surface area contributed by atoms with Crippen molar-refractivity contribution in [1.29, 1.82) is 0 Å². The summed E-state index contributed by atoms with van der Waals surface area (Å²) in [7, 11) is 1.75. The molecule has 30 heavy (non-hydrogen) atoms. The smallest absolute Gasteiger partial charge is 0.255 e. The molecule has 0 N–H and O–H groups in total. The molecule has 2 aromatic heterocycles. The molecule has 0 saturated heterocycles. The van der Waals surface area contributed by atoms with Gasteiger partial charge in [-0.25, -0.2) is 9.97 Å². The van der Waals surface area contributed by atoms with Crippen molar-refractivity contribution in [1.82, 2.24) is 19.9 Å². The second-order valence-electron chi connectivity index (χ2n) is 8.37. The van der Waals surface area contributed by atoms with E-state index < -0.39 is 5.41 Å². The number of carbonyl (C=O) groups excluding carboxylic acids is 2. The summed E-state index contributed by atoms with van der Waals surface area (Å²) in [6.07, 6.45) is 5.24. The molecule has 0 spiro atoms. The van der Waals surface area contributed by atoms with Crippen LogP contribution in [0.5, 0.6) is 0 Å². The Morgan fingerprint density at radius 3 is 2.43 bits per heavy atom. The lowest BCUT2D eigenvalue weighted by atomic mass is 9.85. The van der Waals surface area contributed by atoms with Crippen LogP contribution in [-0.4, -0.2) is 38.7 Å². The Labute approximate surface area is 174 Å². The third kappa shape index (κ3) is 2.55. The molecule has 0 bridgehead atoms. The van der Waals surface area contributed by atoms with Crippen LogP contribution in [0.2, 0.25) is 0 Å². The van der Waals surface area contributed by atoms with Crippen LogP contribution in [0.25, 0.3) is 11.1 Å². The van der Waals surface area contributed by atoms with Crippen molar-refractivity contribution in [3.8, 4) is 11.1 Å². The Hall–Kier alpha value is -3.61. The SMILES string of the molecule is Cc1ncc(-c2ccc3c(c2)N(c2cnc4c(c2)C(=O)N(C)C4)C(=O)C3(C)C)cn1. The Balaban J connectivity index is 1.65. The largest absolute Gasteiger partial charge is 0.336 e. The molecule has 0 saturated carbocycles. The number of nitrogens with zero attached hydrogens (tertiary/aromatic N) is 5. The van der Waals surface area contributed by atoms with E-state index >= 15 is 0 Å². The first-order chi connectivity index (χ1) is 14.3. The van der Waals surface area contributed by atoms with Gasteiger partial charge in [0.05, 0.1) is 40.8 Å². The molecule has 0 aliphatic carbocycles. The quantitative estimate of drug-likeness (QED) is 0.660. The van der Waals surface area contributed by atoms with Gasteiger partial charge in [0.2, 0.25) is 5.91 Å². The molecule has 0 atom stereocenters. The van der Waals surface area contributed by atoms with Crippen LogP contribution < -0.4 is 4.90 Å². The zero-order chi connectivity index (χ0) is 21.2. The van der Waals surface area contributed by atoms with Crippen molar-refractivity contribution < 1.29 is 9.59 Å². The minimum absolute atomic E-state index is 0.0460. The molecule has 5 rings (SSSR count). The van der Waals surface area contributed by atoms with Crippen molar-refractivity contribution in [2.45, 2.75) is 32.7 Å². The molecular formula is C23H21N5O2. The monoisotopic (exact) mass is 399 g/mol. The van der Waals surface area contributed by atoms with Crippen LogP contribution in [0.3, 0.4) is 0 Å². The first-order valence-corrected chi connectivity index (χ1v) is 9.80. The van der Waals surface area contributed by atoms with E-state index in [0.29, 0.717) is 23.6 Å². The number of hydrogen-bond acceptors (Lipinski definition) is 5. The van der Waals surface area contributed by atoms with Gasteiger partial charge in [-0.05, 0) is 44.0 Å². The molecule has 150 valence electrons. The van der Waals surface area contributed by atoms with Gasteiger partial charge >= 0.3 is 0 Å². The normalized spacial score (nSPS) is 16.8. The average Bonchev–Trinajstić information content (AvgIpc) is 3.12. The van der Waals surface area contributed by atoms with E-state index in [1.54, 1.807) is 41.5 Å². The molecular weight excluding hydrogens is 378 g/mol. The number of amides is 2. The predicted molar refractivity (Wildman–Crippen MR) is 112 cm³/mol. The Morgan fingerprint density at radius 1 is 0.967 bits per heavy atom. The summed E-state index contributed by atoms with van der Waals surface area (Å²) in [6, 6.07) is 7.74. The lowest BCUT2D eigenvalue weighted by molar-refractivity contribution is -0.121. The maximum absolute atomic E-state index is 13.4. The van der Waals surface area contributed by atoms with Crippen molar-refractivity contribution >= 4 is 23.2 Å². The number of anilines is 2. The summed E-state index contributed by atoms with van der Waals surface area (Å²) < 4.78 is 0. The number of rotatable bonds is 2. The number of fused-ring (bicyclic) bond motifs is 2. The fourth-order valence-electron chi connectivity index (χ4n) is 4.14. The predicted octanol–water partition coefficient (Wildman–Crippen LogP) is 3.39. The number of carbonyl (C=O) groups is 2. The highest BCUT2D eigenvalue weighted by molar-refractivity contribution is 6.13. The average molecular weight is 399 g/mol. The van der Waals surface area contributed by atoms with E-state index in [1.807, 2.05) is 39.0 Å². The third-order valence-corrected chi connectivity index (χ3v) is 5.94. The highest BCUT2D eigenvalue weighted by Gasteiger charge is 2.45. The minimum Gasteiger partial charge on any atom is -0.336 e. The minimum atomic E-state index is -0.683. The highest BCUT2D eigenvalue weighted by Crippen LogP contribution is 2.47. The standard InChI is InChI=1S/C23H21N5O2/c1-13-24-9-15(10-25-13)14-5-6-18-20(7-14)28(22(30)23(18,2)3)16-8-17-19(26-11-16)12-27(4)21(17)29/h5-11H,12H2,1-4H3. The number of hydrogen-bond donors (Lipinski definition) is 0. The lowest BCUT2D eigenvalue weighted by Gasteiger charge is -2.20. The van der Waals surface area contributed by atoms with Crippen LogP contribution in [0.15, 0.2) is 42.9 Å². The zero-order valence-electron chi connectivity index (χ0n) is 17.3. The number of pyridine rings is 1. The van der Waals surface area contributed by atoms with Gasteiger partial charge in [0.25, 0.3) is 5.91 Å². The lowest BCUT2D eigenvalue weighted by Crippen LogP contribution is -2.33. The second kappa shape index (κ2) is 6.19. The van der Waals surface area contributed by atoms with Crippen molar-refractivity contribution in [3.05, 3.63) is 65.5 Å². The zero-order valence-corrected chi connectivity index (χ0v) is 17.3. The topological polar surface area (TPSA) is 79.3 Å². The van der Waals surface area contributed by atoms with Gasteiger partial charge in [0, 0.05) is 25.0 Å². The first-order valence-electron chi connectivity index (χ1n) is 9.80. The van der Waals surface area contributed by atoms with Crippen molar-refractivity contribution in [2.75, 3.05) is 11.9 Å². The fourth-order valence-corrected chi connectivity index (χ4v) is 4.14. The van der Waals surface area contributed by atoms with Crippen LogP contribution >= 0.6 is 0 Å².